The zero-order chi connectivity index (χ0) is 22.8. The molecule has 0 saturated carbocycles. The Morgan fingerprint density at radius 2 is 1.88 bits per heavy atom. The van der Waals surface area contributed by atoms with Crippen LogP contribution in [0.5, 0.6) is 0 Å². The summed E-state index contributed by atoms with van der Waals surface area (Å²) in [6.07, 6.45) is 3.22. The minimum Gasteiger partial charge on any atom is -0.321 e. The highest BCUT2D eigenvalue weighted by atomic mass is 16.6. The van der Waals surface area contributed by atoms with Crippen LogP contribution >= 0.6 is 0 Å². The molecule has 0 saturated heterocycles. The van der Waals surface area contributed by atoms with Gasteiger partial charge in [-0.1, -0.05) is 13.3 Å². The molecule has 0 amide bonds. The van der Waals surface area contributed by atoms with Crippen LogP contribution < -0.4 is 11.2 Å². The van der Waals surface area contributed by atoms with E-state index < -0.39 is 16.2 Å². The van der Waals surface area contributed by atoms with Gasteiger partial charge in [0.15, 0.2) is 17.0 Å². The number of hydrogen-bond donors (Lipinski definition) is 1. The van der Waals surface area contributed by atoms with Crippen molar-refractivity contribution in [2.24, 2.45) is 0 Å². The van der Waals surface area contributed by atoms with E-state index in [4.69, 9.17) is 0 Å². The molecule has 0 radical (unpaired) electrons. The quantitative estimate of drug-likeness (QED) is 0.326. The van der Waals surface area contributed by atoms with Gasteiger partial charge in [0.25, 0.3) is 11.2 Å². The van der Waals surface area contributed by atoms with Gasteiger partial charge in [-0.25, -0.2) is 19.4 Å². The first-order chi connectivity index (χ1) is 15.4. The summed E-state index contributed by atoms with van der Waals surface area (Å²) in [6, 6.07) is 5.97. The van der Waals surface area contributed by atoms with E-state index in [1.54, 1.807) is 21.4 Å². The number of unbranched alkanes of at least 4 members (excludes halogenated alkanes) is 1. The van der Waals surface area contributed by atoms with Crippen molar-refractivity contribution >= 4 is 16.9 Å². The van der Waals surface area contributed by atoms with E-state index in [1.807, 2.05) is 13.8 Å². The molecule has 0 atom stereocenters. The molecule has 4 aromatic rings. The molecule has 1 N–H and O–H groups in total. The average molecular weight is 438 g/mol. The van der Waals surface area contributed by atoms with Crippen LogP contribution in [-0.2, 0) is 19.6 Å². The van der Waals surface area contributed by atoms with Crippen LogP contribution in [0.2, 0.25) is 0 Å². The number of H-pyrrole nitrogens is 1. The van der Waals surface area contributed by atoms with Crippen molar-refractivity contribution in [3.05, 3.63) is 67.4 Å². The third kappa shape index (κ3) is 3.82. The zero-order valence-electron chi connectivity index (χ0n) is 17.7. The van der Waals surface area contributed by atoms with E-state index >= 15 is 0 Å². The van der Waals surface area contributed by atoms with Crippen LogP contribution in [0.25, 0.3) is 22.6 Å². The summed E-state index contributed by atoms with van der Waals surface area (Å²) in [5, 5.41) is 15.3. The van der Waals surface area contributed by atoms with Crippen LogP contribution in [0.1, 0.15) is 32.5 Å². The number of nitrogens with zero attached hydrogens (tertiary/aromatic N) is 7. The summed E-state index contributed by atoms with van der Waals surface area (Å²) < 4.78 is 4.84. The summed E-state index contributed by atoms with van der Waals surface area (Å²) in [5.74, 6) is 0.987. The third-order valence-electron chi connectivity index (χ3n) is 5.19. The smallest absolute Gasteiger partial charge is 0.321 e. The van der Waals surface area contributed by atoms with E-state index in [2.05, 4.69) is 20.1 Å². The van der Waals surface area contributed by atoms with Crippen molar-refractivity contribution < 1.29 is 4.92 Å². The fraction of sp³-hybridized carbons (Fsp3) is 0.350. The zero-order valence-corrected chi connectivity index (χ0v) is 17.7. The molecular formula is C20H22N8O4. The number of nitro groups is 1. The van der Waals surface area contributed by atoms with Crippen molar-refractivity contribution in [1.29, 1.82) is 0 Å². The van der Waals surface area contributed by atoms with Gasteiger partial charge in [0.05, 0.1) is 4.92 Å². The lowest BCUT2D eigenvalue weighted by Crippen LogP contribution is -2.31. The van der Waals surface area contributed by atoms with Crippen molar-refractivity contribution in [3.63, 3.8) is 0 Å². The molecule has 0 aliphatic carbocycles. The molecule has 0 aliphatic heterocycles. The maximum absolute atomic E-state index is 12.5. The number of aromatic nitrogens is 7. The summed E-state index contributed by atoms with van der Waals surface area (Å²) in [7, 11) is 0. The lowest BCUT2D eigenvalue weighted by Gasteiger charge is -2.06. The van der Waals surface area contributed by atoms with Gasteiger partial charge < -0.3 is 4.57 Å². The Hall–Kier alpha value is -4.09. The summed E-state index contributed by atoms with van der Waals surface area (Å²) in [6.45, 7) is 5.12. The van der Waals surface area contributed by atoms with Gasteiger partial charge in [-0.3, -0.25) is 24.5 Å². The largest absolute Gasteiger partial charge is 0.330 e. The lowest BCUT2D eigenvalue weighted by atomic mass is 10.2. The predicted octanol–water partition coefficient (Wildman–Crippen LogP) is 1.92. The molecule has 12 heteroatoms. The topological polar surface area (TPSA) is 147 Å². The molecule has 3 aromatic heterocycles. The Balaban J connectivity index is 1.70. The van der Waals surface area contributed by atoms with Gasteiger partial charge in [-0.2, -0.15) is 5.10 Å². The van der Waals surface area contributed by atoms with E-state index in [0.717, 1.165) is 12.8 Å². The number of hydrogen-bond acceptors (Lipinski definition) is 7. The molecule has 166 valence electrons. The summed E-state index contributed by atoms with van der Waals surface area (Å²) in [4.78, 5) is 46.5. The molecule has 0 fully saturated rings. The van der Waals surface area contributed by atoms with Crippen molar-refractivity contribution in [3.8, 4) is 11.4 Å². The number of nitro benzene ring substituents is 1. The second-order valence-corrected chi connectivity index (χ2v) is 7.28. The highest BCUT2D eigenvalue weighted by Crippen LogP contribution is 2.19. The van der Waals surface area contributed by atoms with Gasteiger partial charge >= 0.3 is 5.69 Å². The Labute approximate surface area is 181 Å². The first-order valence-electron chi connectivity index (χ1n) is 10.3. The van der Waals surface area contributed by atoms with E-state index in [1.165, 1.54) is 23.0 Å². The molecule has 0 aliphatic rings. The van der Waals surface area contributed by atoms with Gasteiger partial charge in [-0.05, 0) is 25.5 Å². The van der Waals surface area contributed by atoms with Crippen molar-refractivity contribution in [2.75, 3.05) is 0 Å². The number of aromatic amines is 1. The minimum atomic E-state index is -0.469. The lowest BCUT2D eigenvalue weighted by molar-refractivity contribution is -0.384. The first-order valence-corrected chi connectivity index (χ1v) is 10.3. The monoisotopic (exact) mass is 438 g/mol. The van der Waals surface area contributed by atoms with Crippen molar-refractivity contribution in [1.82, 2.24) is 33.9 Å². The van der Waals surface area contributed by atoms with Crippen molar-refractivity contribution in [2.45, 2.75) is 46.3 Å². The molecule has 0 unspecified atom stereocenters. The third-order valence-corrected chi connectivity index (χ3v) is 5.19. The number of non-ortho nitro benzene ring substituents is 1. The van der Waals surface area contributed by atoms with Crippen LogP contribution in [0, 0.1) is 10.1 Å². The molecule has 1 aromatic carbocycles. The van der Waals surface area contributed by atoms with Gasteiger partial charge in [-0.15, -0.1) is 0 Å². The fourth-order valence-corrected chi connectivity index (χ4v) is 3.58. The highest BCUT2D eigenvalue weighted by molar-refractivity contribution is 5.71. The molecule has 0 bridgehead atoms. The number of rotatable bonds is 8. The van der Waals surface area contributed by atoms with E-state index in [0.29, 0.717) is 41.5 Å². The van der Waals surface area contributed by atoms with Crippen LogP contribution in [-0.4, -0.2) is 38.8 Å². The van der Waals surface area contributed by atoms with Crippen LogP contribution in [0.15, 0.2) is 40.2 Å². The van der Waals surface area contributed by atoms with E-state index in [9.17, 15) is 19.7 Å². The molecular weight excluding hydrogens is 416 g/mol. The molecule has 0 spiro atoms. The van der Waals surface area contributed by atoms with Gasteiger partial charge in [0, 0.05) is 30.8 Å². The average Bonchev–Trinajstić information content (AvgIpc) is 3.38. The second-order valence-electron chi connectivity index (χ2n) is 7.28. The second kappa shape index (κ2) is 8.57. The SMILES string of the molecule is CCCCn1c(=O)[nH]c(=O)c2c1nc(Cn1cnc(-c3ccc([N+](=O)[O-])cc3)n1)n2CC. The molecule has 4 rings (SSSR count). The summed E-state index contributed by atoms with van der Waals surface area (Å²) in [5.41, 5.74) is 0.411. The van der Waals surface area contributed by atoms with Gasteiger partial charge in [0.1, 0.15) is 18.7 Å². The standard InChI is InChI=1S/C20H22N8O4/c1-3-5-10-27-18-16(19(29)23-20(27)30)26(4-2)15(22-18)11-25-12-21-17(24-25)13-6-8-14(9-7-13)28(31)32/h6-9,12H,3-5,10-11H2,1-2H3,(H,23,29,30). The minimum absolute atomic E-state index is 0.0100. The maximum Gasteiger partial charge on any atom is 0.330 e. The Morgan fingerprint density at radius 1 is 1.12 bits per heavy atom. The van der Waals surface area contributed by atoms with Crippen LogP contribution in [0.3, 0.4) is 0 Å². The fourth-order valence-electron chi connectivity index (χ4n) is 3.58. The molecule has 32 heavy (non-hydrogen) atoms. The number of nitrogens with one attached hydrogen (secondary N) is 1. The Morgan fingerprint density at radius 3 is 2.53 bits per heavy atom. The number of benzene rings is 1. The Kier molecular flexibility index (Phi) is 5.67. The maximum atomic E-state index is 12.5. The van der Waals surface area contributed by atoms with Gasteiger partial charge in [0.2, 0.25) is 0 Å². The summed E-state index contributed by atoms with van der Waals surface area (Å²) >= 11 is 0. The number of aryl methyl sites for hydroxylation is 2. The number of imidazole rings is 1. The van der Waals surface area contributed by atoms with E-state index in [-0.39, 0.29) is 12.2 Å². The Bertz CT molecular complexity index is 1390. The first kappa shape index (κ1) is 21.2. The molecule has 12 nitrogen and oxygen atoms in total. The highest BCUT2D eigenvalue weighted by Gasteiger charge is 2.18. The molecule has 3 heterocycles. The van der Waals surface area contributed by atoms with Crippen LogP contribution in [0.4, 0.5) is 5.69 Å². The number of fused-ring (bicyclic) bond motifs is 1. The normalized spacial score (nSPS) is 11.3. The predicted molar refractivity (Wildman–Crippen MR) is 116 cm³/mol.